The highest BCUT2D eigenvalue weighted by atomic mass is 35.5. The van der Waals surface area contributed by atoms with Crippen LogP contribution in [0.2, 0.25) is 5.02 Å². The van der Waals surface area contributed by atoms with Crippen LogP contribution in [0, 0.1) is 10.1 Å². The maximum absolute atomic E-state index is 12.9. The lowest BCUT2D eigenvalue weighted by Crippen LogP contribution is -2.48. The Kier molecular flexibility index (Phi) is 8.11. The second-order valence-electron chi connectivity index (χ2n) is 7.61. The average Bonchev–Trinajstić information content (AvgIpc) is 2.80. The van der Waals surface area contributed by atoms with Crippen molar-refractivity contribution in [3.63, 3.8) is 0 Å². The van der Waals surface area contributed by atoms with Crippen LogP contribution in [-0.2, 0) is 4.79 Å². The van der Waals surface area contributed by atoms with E-state index in [1.54, 1.807) is 19.1 Å². The zero-order valence-corrected chi connectivity index (χ0v) is 19.4. The van der Waals surface area contributed by atoms with Gasteiger partial charge in [-0.2, -0.15) is 0 Å². The summed E-state index contributed by atoms with van der Waals surface area (Å²) in [6.45, 7) is 6.42. The first-order valence-electron chi connectivity index (χ1n) is 10.9. The number of nitro groups is 1. The fourth-order valence-electron chi connectivity index (χ4n) is 3.73. The van der Waals surface area contributed by atoms with Crippen LogP contribution >= 0.6 is 11.6 Å². The van der Waals surface area contributed by atoms with Crippen LogP contribution in [0.5, 0.6) is 5.75 Å². The SMILES string of the molecule is CCCC(=O)N1CCN(c2ccc(Cl)cc2NC(=O)c2ccc(OCC)c([N+](=O)[O-])c2)CC1. The molecule has 0 spiro atoms. The van der Waals surface area contributed by atoms with Crippen molar-refractivity contribution in [3.05, 3.63) is 57.1 Å². The van der Waals surface area contributed by atoms with Gasteiger partial charge >= 0.3 is 5.69 Å². The quantitative estimate of drug-likeness (QED) is 0.450. The highest BCUT2D eigenvalue weighted by Gasteiger charge is 2.24. The van der Waals surface area contributed by atoms with Crippen LogP contribution in [0.15, 0.2) is 36.4 Å². The highest BCUT2D eigenvalue weighted by molar-refractivity contribution is 6.31. The topological polar surface area (TPSA) is 105 Å². The van der Waals surface area contributed by atoms with Crippen LogP contribution in [0.4, 0.5) is 17.1 Å². The van der Waals surface area contributed by atoms with E-state index in [0.717, 1.165) is 12.1 Å². The van der Waals surface area contributed by atoms with E-state index in [2.05, 4.69) is 10.2 Å². The molecular weight excluding hydrogens is 448 g/mol. The molecule has 2 aromatic carbocycles. The zero-order chi connectivity index (χ0) is 24.0. The normalized spacial score (nSPS) is 13.5. The standard InChI is InChI=1S/C23H27ClN4O5/c1-3-5-22(29)27-12-10-26(11-13-27)19-8-7-17(24)15-18(19)25-23(30)16-6-9-21(33-4-2)20(14-16)28(31)32/h6-9,14-15H,3-5,10-13H2,1-2H3,(H,25,30). The molecule has 10 heteroatoms. The Morgan fingerprint density at radius 2 is 1.85 bits per heavy atom. The molecule has 9 nitrogen and oxygen atoms in total. The first-order chi connectivity index (χ1) is 15.8. The van der Waals surface area contributed by atoms with E-state index in [1.807, 2.05) is 17.9 Å². The lowest BCUT2D eigenvalue weighted by atomic mass is 10.1. The van der Waals surface area contributed by atoms with Crippen molar-refractivity contribution in [2.75, 3.05) is 43.0 Å². The molecule has 3 rings (SSSR count). The molecule has 1 fully saturated rings. The smallest absolute Gasteiger partial charge is 0.311 e. The Hall–Kier alpha value is -3.33. The number of benzene rings is 2. The average molecular weight is 475 g/mol. The van der Waals surface area contributed by atoms with Gasteiger partial charge in [0.25, 0.3) is 5.91 Å². The van der Waals surface area contributed by atoms with Gasteiger partial charge in [0.15, 0.2) is 5.75 Å². The molecule has 176 valence electrons. The van der Waals surface area contributed by atoms with Gasteiger partial charge < -0.3 is 19.9 Å². The van der Waals surface area contributed by atoms with Gasteiger partial charge in [0.2, 0.25) is 5.91 Å². The number of amides is 2. The molecule has 0 atom stereocenters. The molecule has 2 amide bonds. The van der Waals surface area contributed by atoms with Crippen molar-refractivity contribution in [2.24, 2.45) is 0 Å². The number of nitro benzene ring substituents is 1. The van der Waals surface area contributed by atoms with E-state index in [9.17, 15) is 19.7 Å². The summed E-state index contributed by atoms with van der Waals surface area (Å²) in [5.74, 6) is -0.238. The van der Waals surface area contributed by atoms with Crippen molar-refractivity contribution in [1.82, 2.24) is 4.90 Å². The summed E-state index contributed by atoms with van der Waals surface area (Å²) in [5, 5.41) is 14.7. The number of carbonyl (C=O) groups is 2. The lowest BCUT2D eigenvalue weighted by Gasteiger charge is -2.37. The van der Waals surface area contributed by atoms with Gasteiger partial charge in [-0.1, -0.05) is 18.5 Å². The summed E-state index contributed by atoms with van der Waals surface area (Å²) in [7, 11) is 0. The van der Waals surface area contributed by atoms with E-state index in [1.165, 1.54) is 18.2 Å². The van der Waals surface area contributed by atoms with Gasteiger partial charge in [-0.15, -0.1) is 0 Å². The molecule has 1 aliphatic rings. The predicted molar refractivity (Wildman–Crippen MR) is 127 cm³/mol. The molecule has 0 unspecified atom stereocenters. The first-order valence-corrected chi connectivity index (χ1v) is 11.3. The maximum atomic E-state index is 12.9. The third-order valence-corrected chi connectivity index (χ3v) is 5.60. The number of ether oxygens (including phenoxy) is 1. The molecule has 0 radical (unpaired) electrons. The van der Waals surface area contributed by atoms with E-state index in [4.69, 9.17) is 16.3 Å². The number of piperazine rings is 1. The number of hydrogen-bond donors (Lipinski definition) is 1. The molecule has 33 heavy (non-hydrogen) atoms. The maximum Gasteiger partial charge on any atom is 0.311 e. The van der Waals surface area contributed by atoms with E-state index >= 15 is 0 Å². The number of anilines is 2. The molecule has 1 N–H and O–H groups in total. The molecule has 1 saturated heterocycles. The van der Waals surface area contributed by atoms with Gasteiger partial charge in [-0.25, -0.2) is 0 Å². The van der Waals surface area contributed by atoms with E-state index in [-0.39, 0.29) is 29.5 Å². The zero-order valence-electron chi connectivity index (χ0n) is 18.7. The highest BCUT2D eigenvalue weighted by Crippen LogP contribution is 2.32. The van der Waals surface area contributed by atoms with Gasteiger partial charge in [0.05, 0.1) is 22.9 Å². The van der Waals surface area contributed by atoms with Gasteiger partial charge in [-0.05, 0) is 43.7 Å². The van der Waals surface area contributed by atoms with Crippen molar-refractivity contribution in [3.8, 4) is 5.75 Å². The summed E-state index contributed by atoms with van der Waals surface area (Å²) in [4.78, 5) is 39.9. The van der Waals surface area contributed by atoms with Crippen LogP contribution in [0.3, 0.4) is 0 Å². The number of hydrogen-bond acceptors (Lipinski definition) is 6. The Morgan fingerprint density at radius 1 is 1.12 bits per heavy atom. The summed E-state index contributed by atoms with van der Waals surface area (Å²) < 4.78 is 5.28. The van der Waals surface area contributed by atoms with Crippen LogP contribution in [-0.4, -0.2) is 54.4 Å². The fraction of sp³-hybridized carbons (Fsp3) is 0.391. The van der Waals surface area contributed by atoms with Gasteiger partial charge in [-0.3, -0.25) is 19.7 Å². The number of carbonyl (C=O) groups excluding carboxylic acids is 2. The molecule has 0 aliphatic carbocycles. The molecule has 1 heterocycles. The van der Waals surface area contributed by atoms with Crippen molar-refractivity contribution in [2.45, 2.75) is 26.7 Å². The number of nitrogens with zero attached hydrogens (tertiary/aromatic N) is 3. The second kappa shape index (κ2) is 11.0. The molecule has 2 aromatic rings. The van der Waals surface area contributed by atoms with Crippen LogP contribution in [0.1, 0.15) is 37.0 Å². The predicted octanol–water partition coefficient (Wildman–Crippen LogP) is 4.35. The number of rotatable bonds is 8. The Morgan fingerprint density at radius 3 is 2.48 bits per heavy atom. The van der Waals surface area contributed by atoms with Gasteiger partial charge in [0.1, 0.15) is 0 Å². The molecule has 0 saturated carbocycles. The summed E-state index contributed by atoms with van der Waals surface area (Å²) in [5.41, 5.74) is 1.13. The van der Waals surface area contributed by atoms with Crippen molar-refractivity contribution >= 4 is 40.5 Å². The van der Waals surface area contributed by atoms with Crippen molar-refractivity contribution in [1.29, 1.82) is 0 Å². The summed E-state index contributed by atoms with van der Waals surface area (Å²) in [6.07, 6.45) is 1.35. The minimum atomic E-state index is -0.577. The van der Waals surface area contributed by atoms with Crippen LogP contribution < -0.4 is 15.0 Å². The molecular formula is C23H27ClN4O5. The monoisotopic (exact) mass is 474 g/mol. The minimum Gasteiger partial charge on any atom is -0.487 e. The molecule has 1 aliphatic heterocycles. The number of nitrogens with one attached hydrogen (secondary N) is 1. The fourth-order valence-corrected chi connectivity index (χ4v) is 3.90. The Balaban J connectivity index is 1.79. The van der Waals surface area contributed by atoms with Crippen LogP contribution in [0.25, 0.3) is 0 Å². The Labute approximate surface area is 197 Å². The molecule has 0 bridgehead atoms. The first kappa shape index (κ1) is 24.3. The summed E-state index contributed by atoms with van der Waals surface area (Å²) >= 11 is 6.18. The van der Waals surface area contributed by atoms with Gasteiger partial charge in [0, 0.05) is 49.3 Å². The number of halogens is 1. The minimum absolute atomic E-state index is 0.109. The lowest BCUT2D eigenvalue weighted by molar-refractivity contribution is -0.385. The second-order valence-corrected chi connectivity index (χ2v) is 8.04. The third-order valence-electron chi connectivity index (χ3n) is 5.36. The molecule has 0 aromatic heterocycles. The summed E-state index contributed by atoms with van der Waals surface area (Å²) in [6, 6.07) is 9.30. The third kappa shape index (κ3) is 5.92. The largest absolute Gasteiger partial charge is 0.487 e. The van der Waals surface area contributed by atoms with E-state index in [0.29, 0.717) is 43.3 Å². The van der Waals surface area contributed by atoms with Crippen molar-refractivity contribution < 1.29 is 19.2 Å². The Bertz CT molecular complexity index is 1040. The van der Waals surface area contributed by atoms with E-state index < -0.39 is 10.8 Å².